The quantitative estimate of drug-likeness (QED) is 0.507. The van der Waals surface area contributed by atoms with Gasteiger partial charge in [0.15, 0.2) is 29.9 Å². The molecule has 2 heterocycles. The van der Waals surface area contributed by atoms with E-state index >= 15 is 0 Å². The first-order valence-corrected chi connectivity index (χ1v) is 11.3. The number of likely N-dealkylation sites (N-methyl/N-ethyl adjacent to an activating group) is 1. The maximum atomic E-state index is 12.4. The maximum Gasteiger partial charge on any atom is 0.358 e. The lowest BCUT2D eigenvalue weighted by Gasteiger charge is -2.29. The van der Waals surface area contributed by atoms with Crippen LogP contribution < -0.4 is 9.47 Å². The number of thiazole rings is 1. The van der Waals surface area contributed by atoms with Gasteiger partial charge in [0.1, 0.15) is 11.6 Å². The highest BCUT2D eigenvalue weighted by molar-refractivity contribution is 7.13. The molecule has 1 amide bonds. The molecule has 8 heteroatoms. The monoisotopic (exact) mass is 452 g/mol. The molecule has 32 heavy (non-hydrogen) atoms. The number of amides is 1. The second-order valence-corrected chi connectivity index (χ2v) is 8.29. The van der Waals surface area contributed by atoms with Crippen LogP contribution in [0.1, 0.15) is 23.0 Å². The van der Waals surface area contributed by atoms with Gasteiger partial charge in [0.05, 0.1) is 6.54 Å². The molecular weight excluding hydrogens is 428 g/mol. The van der Waals surface area contributed by atoms with Crippen molar-refractivity contribution in [1.29, 1.82) is 0 Å². The van der Waals surface area contributed by atoms with E-state index in [0.717, 1.165) is 17.0 Å². The summed E-state index contributed by atoms with van der Waals surface area (Å²) in [5.74, 6) is 0.396. The zero-order chi connectivity index (χ0) is 22.5. The molecule has 0 bridgehead atoms. The van der Waals surface area contributed by atoms with E-state index in [4.69, 9.17) is 14.2 Å². The lowest BCUT2D eigenvalue weighted by molar-refractivity contribution is -0.134. The van der Waals surface area contributed by atoms with Crippen molar-refractivity contribution < 1.29 is 23.8 Å². The fourth-order valence-corrected chi connectivity index (χ4v) is 4.05. The van der Waals surface area contributed by atoms with Crippen molar-refractivity contribution in [1.82, 2.24) is 9.88 Å². The van der Waals surface area contributed by atoms with Crippen LogP contribution in [-0.2, 0) is 16.0 Å². The molecule has 0 saturated heterocycles. The Morgan fingerprint density at radius 1 is 1.16 bits per heavy atom. The topological polar surface area (TPSA) is 78.0 Å². The van der Waals surface area contributed by atoms with Gasteiger partial charge in [-0.05, 0) is 24.1 Å². The zero-order valence-electron chi connectivity index (χ0n) is 17.9. The molecule has 2 aromatic carbocycles. The number of aryl methyl sites for hydroxylation is 1. The summed E-state index contributed by atoms with van der Waals surface area (Å²) in [5, 5.41) is 2.38. The van der Waals surface area contributed by atoms with Crippen molar-refractivity contribution in [2.75, 3.05) is 26.8 Å². The Hall–Kier alpha value is -3.39. The molecule has 0 aliphatic carbocycles. The largest absolute Gasteiger partial charge is 0.486 e. The lowest BCUT2D eigenvalue weighted by atomic mass is 10.1. The Bertz CT molecular complexity index is 1100. The number of carbonyl (C=O) groups is 2. The first-order chi connectivity index (χ1) is 15.5. The van der Waals surface area contributed by atoms with Crippen molar-refractivity contribution in [3.05, 3.63) is 65.2 Å². The minimum Gasteiger partial charge on any atom is -0.486 e. The predicted octanol–water partition coefficient (Wildman–Crippen LogP) is 3.83. The number of ether oxygens (including phenoxy) is 3. The number of para-hydroxylation sites is 2. The molecule has 0 radical (unpaired) electrons. The molecule has 1 aromatic heterocycles. The normalized spacial score (nSPS) is 14.6. The van der Waals surface area contributed by atoms with Crippen LogP contribution in [0.25, 0.3) is 10.6 Å². The number of esters is 1. The standard InChI is InChI=1S/C24H24N2O5S/c1-3-16-8-10-17(11-9-16)23-25-19(15-32-23)24(28)30-14-22(27)26(2)12-18-13-29-20-6-4-5-7-21(20)31-18/h4-11,15,18H,3,12-14H2,1-2H3. The van der Waals surface area contributed by atoms with Gasteiger partial charge in [0, 0.05) is 18.0 Å². The van der Waals surface area contributed by atoms with Crippen molar-refractivity contribution >= 4 is 23.2 Å². The third-order valence-electron chi connectivity index (χ3n) is 5.12. The Morgan fingerprint density at radius 2 is 1.91 bits per heavy atom. The number of carbonyl (C=O) groups excluding carboxylic acids is 2. The summed E-state index contributed by atoms with van der Waals surface area (Å²) in [5.41, 5.74) is 2.38. The first kappa shape index (κ1) is 21.8. The number of aromatic nitrogens is 1. The van der Waals surface area contributed by atoms with Gasteiger partial charge in [-0.3, -0.25) is 4.79 Å². The van der Waals surface area contributed by atoms with Crippen LogP contribution in [0, 0.1) is 0 Å². The number of nitrogens with zero attached hydrogens (tertiary/aromatic N) is 2. The molecule has 0 spiro atoms. The van der Waals surface area contributed by atoms with Crippen LogP contribution in [0.5, 0.6) is 11.5 Å². The minimum absolute atomic E-state index is 0.195. The molecule has 166 valence electrons. The van der Waals surface area contributed by atoms with E-state index in [9.17, 15) is 9.59 Å². The van der Waals surface area contributed by atoms with Crippen LogP contribution in [0.2, 0.25) is 0 Å². The fourth-order valence-electron chi connectivity index (χ4n) is 3.25. The van der Waals surface area contributed by atoms with Gasteiger partial charge >= 0.3 is 5.97 Å². The van der Waals surface area contributed by atoms with Crippen molar-refractivity contribution in [2.24, 2.45) is 0 Å². The summed E-state index contributed by atoms with van der Waals surface area (Å²) in [6.45, 7) is 2.40. The van der Waals surface area contributed by atoms with Crippen molar-refractivity contribution in [2.45, 2.75) is 19.4 Å². The number of hydrogen-bond acceptors (Lipinski definition) is 7. The highest BCUT2D eigenvalue weighted by Crippen LogP contribution is 2.31. The van der Waals surface area contributed by atoms with Crippen LogP contribution >= 0.6 is 11.3 Å². The van der Waals surface area contributed by atoms with Gasteiger partial charge < -0.3 is 19.1 Å². The van der Waals surface area contributed by atoms with E-state index in [1.807, 2.05) is 48.5 Å². The van der Waals surface area contributed by atoms with Gasteiger partial charge in [0.25, 0.3) is 5.91 Å². The van der Waals surface area contributed by atoms with Crippen LogP contribution in [-0.4, -0.2) is 54.7 Å². The molecule has 0 saturated carbocycles. The molecule has 3 aromatic rings. The van der Waals surface area contributed by atoms with E-state index in [0.29, 0.717) is 24.7 Å². The number of fused-ring (bicyclic) bond motifs is 1. The van der Waals surface area contributed by atoms with Gasteiger partial charge in [-0.15, -0.1) is 11.3 Å². The Labute approximate surface area is 190 Å². The first-order valence-electron chi connectivity index (χ1n) is 10.4. The summed E-state index contributed by atoms with van der Waals surface area (Å²) in [6, 6.07) is 15.5. The zero-order valence-corrected chi connectivity index (χ0v) is 18.8. The second kappa shape index (κ2) is 9.82. The number of hydrogen-bond donors (Lipinski definition) is 0. The molecule has 4 rings (SSSR count). The number of benzene rings is 2. The van der Waals surface area contributed by atoms with Crippen LogP contribution in [0.4, 0.5) is 0 Å². The third kappa shape index (κ3) is 5.08. The molecule has 1 aliphatic heterocycles. The molecule has 7 nitrogen and oxygen atoms in total. The fraction of sp³-hybridized carbons (Fsp3) is 0.292. The minimum atomic E-state index is -0.620. The van der Waals surface area contributed by atoms with Crippen LogP contribution in [0.15, 0.2) is 53.9 Å². The second-order valence-electron chi connectivity index (χ2n) is 7.44. The third-order valence-corrected chi connectivity index (χ3v) is 6.01. The van der Waals surface area contributed by atoms with Gasteiger partial charge in [0.2, 0.25) is 0 Å². The van der Waals surface area contributed by atoms with Crippen molar-refractivity contribution in [3.8, 4) is 22.1 Å². The summed E-state index contributed by atoms with van der Waals surface area (Å²) in [4.78, 5) is 30.6. The van der Waals surface area contributed by atoms with E-state index in [-0.39, 0.29) is 24.3 Å². The Morgan fingerprint density at radius 3 is 2.66 bits per heavy atom. The number of rotatable bonds is 7. The predicted molar refractivity (Wildman–Crippen MR) is 121 cm³/mol. The van der Waals surface area contributed by atoms with Gasteiger partial charge in [-0.1, -0.05) is 43.3 Å². The van der Waals surface area contributed by atoms with Crippen molar-refractivity contribution in [3.63, 3.8) is 0 Å². The van der Waals surface area contributed by atoms with Crippen LogP contribution in [0.3, 0.4) is 0 Å². The molecule has 1 unspecified atom stereocenters. The average molecular weight is 453 g/mol. The summed E-state index contributed by atoms with van der Waals surface area (Å²) in [7, 11) is 1.64. The van der Waals surface area contributed by atoms with E-state index < -0.39 is 5.97 Å². The van der Waals surface area contributed by atoms with Gasteiger partial charge in [-0.2, -0.15) is 0 Å². The molecule has 1 atom stereocenters. The summed E-state index contributed by atoms with van der Waals surface area (Å²) in [6.07, 6.45) is 0.667. The highest BCUT2D eigenvalue weighted by atomic mass is 32.1. The highest BCUT2D eigenvalue weighted by Gasteiger charge is 2.24. The Balaban J connectivity index is 1.27. The summed E-state index contributed by atoms with van der Waals surface area (Å²) < 4.78 is 16.7. The Kier molecular flexibility index (Phi) is 6.70. The maximum absolute atomic E-state index is 12.4. The van der Waals surface area contributed by atoms with E-state index in [2.05, 4.69) is 11.9 Å². The SMILES string of the molecule is CCc1ccc(-c2nc(C(=O)OCC(=O)N(C)CC3COc4ccccc4O3)cs2)cc1. The molecule has 0 fully saturated rings. The summed E-state index contributed by atoms with van der Waals surface area (Å²) >= 11 is 1.36. The van der Waals surface area contributed by atoms with E-state index in [1.165, 1.54) is 21.8 Å². The molecule has 1 aliphatic rings. The molecular formula is C24H24N2O5S. The smallest absolute Gasteiger partial charge is 0.358 e. The molecule has 0 N–H and O–H groups in total. The lowest BCUT2D eigenvalue weighted by Crippen LogP contribution is -2.43. The van der Waals surface area contributed by atoms with Gasteiger partial charge in [-0.25, -0.2) is 9.78 Å². The average Bonchev–Trinajstić information content (AvgIpc) is 3.32. The van der Waals surface area contributed by atoms with E-state index in [1.54, 1.807) is 12.4 Å².